The number of nitrogens with zero attached hydrogens (tertiary/aromatic N) is 2. The molecule has 2 fully saturated rings. The number of piperazine rings is 1. The van der Waals surface area contributed by atoms with Crippen LogP contribution in [-0.2, 0) is 9.59 Å². The molecule has 0 radical (unpaired) electrons. The van der Waals surface area contributed by atoms with E-state index in [0.29, 0.717) is 0 Å². The Kier molecular flexibility index (Phi) is 4.89. The van der Waals surface area contributed by atoms with Gasteiger partial charge in [-0.05, 0) is 49.2 Å². The van der Waals surface area contributed by atoms with E-state index in [1.54, 1.807) is 12.1 Å². The number of nitrogens with one attached hydrogen (secondary N) is 1. The van der Waals surface area contributed by atoms with Crippen molar-refractivity contribution in [3.63, 3.8) is 0 Å². The van der Waals surface area contributed by atoms with Gasteiger partial charge in [0.15, 0.2) is 6.04 Å². The van der Waals surface area contributed by atoms with Crippen molar-refractivity contribution in [2.45, 2.75) is 26.3 Å². The van der Waals surface area contributed by atoms with E-state index < -0.39 is 0 Å². The second-order valence-corrected chi connectivity index (χ2v) is 7.69. The molecule has 0 aliphatic carbocycles. The third-order valence-electron chi connectivity index (χ3n) is 5.90. The Balaban J connectivity index is 1.47. The molecule has 0 unspecified atom stereocenters. The van der Waals surface area contributed by atoms with E-state index in [2.05, 4.69) is 4.90 Å². The molecule has 2 heterocycles. The topological polar surface area (TPSA) is 45.1 Å². The van der Waals surface area contributed by atoms with Crippen molar-refractivity contribution in [2.75, 3.05) is 36.0 Å². The summed E-state index contributed by atoms with van der Waals surface area (Å²) in [7, 11) is 0. The molecule has 2 aliphatic rings. The number of amides is 2. The molecule has 0 aromatic heterocycles. The van der Waals surface area contributed by atoms with Gasteiger partial charge in [0, 0.05) is 5.69 Å². The number of hydrogen-bond acceptors (Lipinski definition) is 3. The lowest BCUT2D eigenvalue weighted by molar-refractivity contribution is -0.915. The summed E-state index contributed by atoms with van der Waals surface area (Å²) < 4.78 is 13.1. The Morgan fingerprint density at radius 3 is 2.18 bits per heavy atom. The van der Waals surface area contributed by atoms with Crippen LogP contribution in [0.5, 0.6) is 0 Å². The number of anilines is 2. The van der Waals surface area contributed by atoms with Crippen LogP contribution in [-0.4, -0.2) is 44.0 Å². The number of hydrogen-bond donors (Lipinski definition) is 1. The fraction of sp³-hybridized carbons (Fsp3) is 0.364. The summed E-state index contributed by atoms with van der Waals surface area (Å²) in [5.74, 6) is -0.442. The van der Waals surface area contributed by atoms with Gasteiger partial charge < -0.3 is 9.80 Å². The van der Waals surface area contributed by atoms with Crippen molar-refractivity contribution >= 4 is 23.2 Å². The average Bonchev–Trinajstić information content (AvgIpc) is 2.97. The number of carbonyl (C=O) groups excluding carboxylic acids is 2. The molecule has 4 rings (SSSR count). The summed E-state index contributed by atoms with van der Waals surface area (Å²) in [5, 5.41) is 0. The van der Waals surface area contributed by atoms with Crippen LogP contribution in [0.3, 0.4) is 0 Å². The summed E-state index contributed by atoms with van der Waals surface area (Å²) in [6.45, 7) is 6.99. The number of halogens is 1. The Labute approximate surface area is 164 Å². The summed E-state index contributed by atoms with van der Waals surface area (Å²) in [6.07, 6.45) is 0.262. The molecule has 1 atom stereocenters. The lowest BCUT2D eigenvalue weighted by atomic mass is 10.1. The van der Waals surface area contributed by atoms with Crippen LogP contribution in [0.4, 0.5) is 15.8 Å². The van der Waals surface area contributed by atoms with Crippen LogP contribution < -0.4 is 14.7 Å². The zero-order chi connectivity index (χ0) is 19.8. The minimum absolute atomic E-state index is 0.0902. The Morgan fingerprint density at radius 2 is 1.57 bits per heavy atom. The third kappa shape index (κ3) is 3.29. The summed E-state index contributed by atoms with van der Waals surface area (Å²) in [5.41, 5.74) is 3.62. The molecule has 28 heavy (non-hydrogen) atoms. The Bertz CT molecular complexity index is 884. The number of quaternary nitrogens is 1. The minimum atomic E-state index is -0.318. The lowest BCUT2D eigenvalue weighted by Crippen LogP contribution is -3.19. The molecule has 1 N–H and O–H groups in total. The van der Waals surface area contributed by atoms with Gasteiger partial charge in [0.05, 0.1) is 38.3 Å². The normalized spacial score (nSPS) is 20.9. The molecule has 2 aromatic carbocycles. The molecule has 0 saturated carbocycles. The quantitative estimate of drug-likeness (QED) is 0.818. The van der Waals surface area contributed by atoms with Gasteiger partial charge in [-0.2, -0.15) is 0 Å². The first-order chi connectivity index (χ1) is 13.5. The van der Waals surface area contributed by atoms with E-state index in [4.69, 9.17) is 0 Å². The second kappa shape index (κ2) is 7.36. The zero-order valence-electron chi connectivity index (χ0n) is 16.2. The molecule has 5 nitrogen and oxygen atoms in total. The van der Waals surface area contributed by atoms with Crippen LogP contribution in [0.25, 0.3) is 0 Å². The van der Waals surface area contributed by atoms with Gasteiger partial charge >= 0.3 is 0 Å². The maximum atomic E-state index is 13.1. The van der Waals surface area contributed by atoms with E-state index in [1.165, 1.54) is 17.0 Å². The lowest BCUT2D eigenvalue weighted by Gasteiger charge is -2.35. The molecule has 2 aromatic rings. The highest BCUT2D eigenvalue weighted by Crippen LogP contribution is 2.29. The maximum Gasteiger partial charge on any atom is 0.292 e. The van der Waals surface area contributed by atoms with Gasteiger partial charge in [-0.1, -0.05) is 18.2 Å². The highest BCUT2D eigenvalue weighted by Gasteiger charge is 2.47. The standard InChI is InChI=1S/C22H24FN3O2/c1-15-4-3-5-16(2)21(15)26-20(27)14-19(22(26)28)25-12-10-24(11-13-25)18-8-6-17(23)7-9-18/h3-9,19H,10-14H2,1-2H3/p+1/t19-/m1/s1. The number of carbonyl (C=O) groups is 2. The first-order valence-corrected chi connectivity index (χ1v) is 9.74. The van der Waals surface area contributed by atoms with Gasteiger partial charge in [0.2, 0.25) is 5.91 Å². The molecule has 0 spiro atoms. The number of benzene rings is 2. The van der Waals surface area contributed by atoms with Gasteiger partial charge in [0.25, 0.3) is 5.91 Å². The van der Waals surface area contributed by atoms with Crippen LogP contribution in [0, 0.1) is 19.7 Å². The van der Waals surface area contributed by atoms with Crippen molar-refractivity contribution in [3.05, 3.63) is 59.4 Å². The third-order valence-corrected chi connectivity index (χ3v) is 5.90. The van der Waals surface area contributed by atoms with E-state index >= 15 is 0 Å². The van der Waals surface area contributed by atoms with E-state index in [-0.39, 0.29) is 30.1 Å². The maximum absolute atomic E-state index is 13.1. The zero-order valence-corrected chi connectivity index (χ0v) is 16.2. The molecular formula is C22H25FN3O2+. The monoisotopic (exact) mass is 382 g/mol. The summed E-state index contributed by atoms with van der Waals surface area (Å²) in [4.78, 5) is 30.6. The van der Waals surface area contributed by atoms with Gasteiger partial charge in [-0.3, -0.25) is 9.59 Å². The van der Waals surface area contributed by atoms with E-state index in [1.807, 2.05) is 32.0 Å². The highest BCUT2D eigenvalue weighted by molar-refractivity contribution is 6.22. The van der Waals surface area contributed by atoms with Crippen LogP contribution >= 0.6 is 0 Å². The van der Waals surface area contributed by atoms with Gasteiger partial charge in [0.1, 0.15) is 5.82 Å². The number of para-hydroxylation sites is 1. The number of aryl methyl sites for hydroxylation is 2. The van der Waals surface area contributed by atoms with Gasteiger partial charge in [-0.25, -0.2) is 9.29 Å². The van der Waals surface area contributed by atoms with E-state index in [0.717, 1.165) is 53.6 Å². The van der Waals surface area contributed by atoms with Crippen molar-refractivity contribution in [3.8, 4) is 0 Å². The summed E-state index contributed by atoms with van der Waals surface area (Å²) in [6, 6.07) is 12.0. The van der Waals surface area contributed by atoms with E-state index in [9.17, 15) is 14.0 Å². The average molecular weight is 382 g/mol. The van der Waals surface area contributed by atoms with Crippen LogP contribution in [0.2, 0.25) is 0 Å². The molecular weight excluding hydrogens is 357 g/mol. The van der Waals surface area contributed by atoms with Crippen LogP contribution in [0.15, 0.2) is 42.5 Å². The summed E-state index contributed by atoms with van der Waals surface area (Å²) >= 11 is 0. The predicted molar refractivity (Wildman–Crippen MR) is 106 cm³/mol. The highest BCUT2D eigenvalue weighted by atomic mass is 19.1. The minimum Gasteiger partial charge on any atom is -0.360 e. The molecule has 6 heteroatoms. The molecule has 2 amide bonds. The fourth-order valence-electron chi connectivity index (χ4n) is 4.40. The van der Waals surface area contributed by atoms with Crippen molar-refractivity contribution in [1.82, 2.24) is 0 Å². The largest absolute Gasteiger partial charge is 0.360 e. The Morgan fingerprint density at radius 1 is 0.964 bits per heavy atom. The fourth-order valence-corrected chi connectivity index (χ4v) is 4.40. The smallest absolute Gasteiger partial charge is 0.292 e. The molecule has 0 bridgehead atoms. The van der Waals surface area contributed by atoms with Crippen molar-refractivity contribution in [1.29, 1.82) is 0 Å². The molecule has 2 saturated heterocycles. The first-order valence-electron chi connectivity index (χ1n) is 9.74. The number of imide groups is 1. The second-order valence-electron chi connectivity index (χ2n) is 7.69. The molecule has 2 aliphatic heterocycles. The SMILES string of the molecule is Cc1cccc(C)c1N1C(=O)C[C@@H]([NH+]2CCN(c3ccc(F)cc3)CC2)C1=O. The number of rotatable bonds is 3. The first kappa shape index (κ1) is 18.6. The van der Waals surface area contributed by atoms with Crippen molar-refractivity contribution in [2.24, 2.45) is 0 Å². The van der Waals surface area contributed by atoms with Gasteiger partial charge in [-0.15, -0.1) is 0 Å². The molecule has 146 valence electrons. The predicted octanol–water partition coefficient (Wildman–Crippen LogP) is 1.48. The van der Waals surface area contributed by atoms with Crippen molar-refractivity contribution < 1.29 is 18.9 Å². The Hall–Kier alpha value is -2.73. The van der Waals surface area contributed by atoms with Crippen LogP contribution in [0.1, 0.15) is 17.5 Å².